The van der Waals surface area contributed by atoms with E-state index in [9.17, 15) is 9.90 Å². The zero-order valence-electron chi connectivity index (χ0n) is 14.1. The molecule has 4 rings (SSSR count). The van der Waals surface area contributed by atoms with Crippen molar-refractivity contribution in [2.24, 2.45) is 5.92 Å². The molecular weight excluding hydrogens is 298 g/mol. The summed E-state index contributed by atoms with van der Waals surface area (Å²) in [6.45, 7) is 1.41. The molecule has 2 atom stereocenters. The number of hydrogen-bond donors (Lipinski definition) is 1. The Morgan fingerprint density at radius 2 is 1.96 bits per heavy atom. The van der Waals surface area contributed by atoms with Gasteiger partial charge in [0.15, 0.2) is 0 Å². The van der Waals surface area contributed by atoms with Gasteiger partial charge >= 0.3 is 0 Å². The molecule has 2 aromatic carbocycles. The van der Waals surface area contributed by atoms with Crippen molar-refractivity contribution in [3.63, 3.8) is 0 Å². The second kappa shape index (κ2) is 6.21. The number of aliphatic hydroxyl groups is 1. The van der Waals surface area contributed by atoms with E-state index >= 15 is 0 Å². The Balaban J connectivity index is 1.50. The molecule has 0 spiro atoms. The van der Waals surface area contributed by atoms with Gasteiger partial charge in [0.25, 0.3) is 0 Å². The van der Waals surface area contributed by atoms with Crippen LogP contribution in [0.3, 0.4) is 0 Å². The third-order valence-corrected chi connectivity index (χ3v) is 6.00. The highest BCUT2D eigenvalue weighted by molar-refractivity contribution is 5.90. The van der Waals surface area contributed by atoms with Crippen LogP contribution in [0, 0.1) is 5.92 Å². The zero-order valence-corrected chi connectivity index (χ0v) is 14.1. The van der Waals surface area contributed by atoms with Gasteiger partial charge in [-0.2, -0.15) is 0 Å². The maximum absolute atomic E-state index is 12.8. The molecule has 2 aromatic rings. The highest BCUT2D eigenvalue weighted by Gasteiger charge is 2.43. The number of nitrogens with zero attached hydrogens (tertiary/aromatic N) is 1. The summed E-state index contributed by atoms with van der Waals surface area (Å²) in [5, 5.41) is 13.1. The molecule has 1 saturated heterocycles. The molecule has 1 N–H and O–H groups in total. The van der Waals surface area contributed by atoms with Gasteiger partial charge in [-0.1, -0.05) is 55.3 Å². The summed E-state index contributed by atoms with van der Waals surface area (Å²) >= 11 is 0. The number of amides is 1. The fourth-order valence-electron chi connectivity index (χ4n) is 4.52. The van der Waals surface area contributed by atoms with E-state index in [1.54, 1.807) is 0 Å². The van der Waals surface area contributed by atoms with Crippen LogP contribution in [0.2, 0.25) is 0 Å². The van der Waals surface area contributed by atoms with Crippen molar-refractivity contribution in [3.05, 3.63) is 48.0 Å². The molecule has 126 valence electrons. The van der Waals surface area contributed by atoms with E-state index in [-0.39, 0.29) is 11.8 Å². The van der Waals surface area contributed by atoms with E-state index in [0.29, 0.717) is 13.0 Å². The van der Waals surface area contributed by atoms with E-state index in [1.807, 2.05) is 23.1 Å². The lowest BCUT2D eigenvalue weighted by Crippen LogP contribution is -2.54. The minimum atomic E-state index is -0.519. The molecule has 1 amide bonds. The second-order valence-corrected chi connectivity index (χ2v) is 7.45. The molecular formula is C21H25NO2. The number of carbonyl (C=O) groups is 1. The number of carbonyl (C=O) groups excluding carboxylic acids is 1. The van der Waals surface area contributed by atoms with Crippen LogP contribution in [0.25, 0.3) is 10.8 Å². The third-order valence-electron chi connectivity index (χ3n) is 6.00. The van der Waals surface area contributed by atoms with Gasteiger partial charge in [0.1, 0.15) is 0 Å². The lowest BCUT2D eigenvalue weighted by molar-refractivity contribution is -0.142. The van der Waals surface area contributed by atoms with Crippen molar-refractivity contribution in [2.75, 3.05) is 13.1 Å². The van der Waals surface area contributed by atoms with Gasteiger partial charge in [-0.05, 0) is 35.6 Å². The highest BCUT2D eigenvalue weighted by Crippen LogP contribution is 2.39. The first-order valence-corrected chi connectivity index (χ1v) is 9.12. The second-order valence-electron chi connectivity index (χ2n) is 7.45. The summed E-state index contributed by atoms with van der Waals surface area (Å²) in [6, 6.07) is 14.4. The van der Waals surface area contributed by atoms with E-state index in [2.05, 4.69) is 24.3 Å². The van der Waals surface area contributed by atoms with Crippen LogP contribution >= 0.6 is 0 Å². The SMILES string of the molecule is O=C(Cc1cccc2ccccc12)N1CC[C@]2(O)CCCC[C@H]2C1. The molecule has 1 saturated carbocycles. The predicted octanol–water partition coefficient (Wildman–Crippen LogP) is 3.54. The number of rotatable bonds is 2. The third kappa shape index (κ3) is 2.82. The smallest absolute Gasteiger partial charge is 0.227 e. The van der Waals surface area contributed by atoms with Crippen LogP contribution in [-0.4, -0.2) is 34.6 Å². The Labute approximate surface area is 143 Å². The number of fused-ring (bicyclic) bond motifs is 2. The normalized spacial score (nSPS) is 27.0. The van der Waals surface area contributed by atoms with Crippen molar-refractivity contribution in [2.45, 2.75) is 44.1 Å². The molecule has 3 heteroatoms. The van der Waals surface area contributed by atoms with Crippen LogP contribution in [-0.2, 0) is 11.2 Å². The molecule has 0 bridgehead atoms. The van der Waals surface area contributed by atoms with Gasteiger partial charge in [-0.3, -0.25) is 4.79 Å². The van der Waals surface area contributed by atoms with Gasteiger partial charge in [-0.25, -0.2) is 0 Å². The number of benzene rings is 2. The van der Waals surface area contributed by atoms with Crippen molar-refractivity contribution >= 4 is 16.7 Å². The Morgan fingerprint density at radius 1 is 1.12 bits per heavy atom. The van der Waals surface area contributed by atoms with E-state index in [1.165, 1.54) is 17.2 Å². The molecule has 2 fully saturated rings. The minimum absolute atomic E-state index is 0.193. The van der Waals surface area contributed by atoms with Crippen LogP contribution in [0.1, 0.15) is 37.7 Å². The fraction of sp³-hybridized carbons (Fsp3) is 0.476. The number of piperidine rings is 1. The quantitative estimate of drug-likeness (QED) is 0.918. The summed E-state index contributed by atoms with van der Waals surface area (Å²) in [6.07, 6.45) is 5.44. The molecule has 2 aliphatic rings. The Morgan fingerprint density at radius 3 is 2.88 bits per heavy atom. The molecule has 0 aromatic heterocycles. The molecule has 0 radical (unpaired) electrons. The van der Waals surface area contributed by atoms with Crippen LogP contribution in [0.5, 0.6) is 0 Å². The Bertz CT molecular complexity index is 751. The van der Waals surface area contributed by atoms with Crippen LogP contribution < -0.4 is 0 Å². The van der Waals surface area contributed by atoms with Crippen molar-refractivity contribution in [1.82, 2.24) is 4.90 Å². The minimum Gasteiger partial charge on any atom is -0.389 e. The van der Waals surface area contributed by atoms with Crippen molar-refractivity contribution in [3.8, 4) is 0 Å². The topological polar surface area (TPSA) is 40.5 Å². The monoisotopic (exact) mass is 323 g/mol. The van der Waals surface area contributed by atoms with Crippen LogP contribution in [0.15, 0.2) is 42.5 Å². The highest BCUT2D eigenvalue weighted by atomic mass is 16.3. The first-order chi connectivity index (χ1) is 11.7. The summed E-state index contributed by atoms with van der Waals surface area (Å²) in [7, 11) is 0. The molecule has 3 nitrogen and oxygen atoms in total. The largest absolute Gasteiger partial charge is 0.389 e. The Hall–Kier alpha value is -1.87. The maximum Gasteiger partial charge on any atom is 0.227 e. The van der Waals surface area contributed by atoms with E-state index in [0.717, 1.165) is 37.8 Å². The first-order valence-electron chi connectivity index (χ1n) is 9.12. The lowest BCUT2D eigenvalue weighted by Gasteiger charge is -2.47. The molecule has 1 aliphatic heterocycles. The number of likely N-dealkylation sites (tertiary alicyclic amines) is 1. The summed E-state index contributed by atoms with van der Waals surface area (Å²) in [5.74, 6) is 0.454. The average Bonchev–Trinajstić information content (AvgIpc) is 2.61. The zero-order chi connectivity index (χ0) is 16.6. The summed E-state index contributed by atoms with van der Waals surface area (Å²) < 4.78 is 0. The van der Waals surface area contributed by atoms with Crippen molar-refractivity contribution < 1.29 is 9.90 Å². The van der Waals surface area contributed by atoms with Crippen LogP contribution in [0.4, 0.5) is 0 Å². The summed E-state index contributed by atoms with van der Waals surface area (Å²) in [4.78, 5) is 14.8. The van der Waals surface area contributed by atoms with Crippen molar-refractivity contribution in [1.29, 1.82) is 0 Å². The van der Waals surface area contributed by atoms with E-state index in [4.69, 9.17) is 0 Å². The van der Waals surface area contributed by atoms with Gasteiger partial charge in [0.2, 0.25) is 5.91 Å². The lowest BCUT2D eigenvalue weighted by atomic mass is 9.71. The number of hydrogen-bond acceptors (Lipinski definition) is 2. The Kier molecular flexibility index (Phi) is 4.05. The first kappa shape index (κ1) is 15.6. The molecule has 0 unspecified atom stereocenters. The maximum atomic E-state index is 12.8. The molecule has 1 aliphatic carbocycles. The fourth-order valence-corrected chi connectivity index (χ4v) is 4.52. The van der Waals surface area contributed by atoms with Gasteiger partial charge in [-0.15, -0.1) is 0 Å². The molecule has 1 heterocycles. The van der Waals surface area contributed by atoms with Gasteiger partial charge in [0.05, 0.1) is 12.0 Å². The summed E-state index contributed by atoms with van der Waals surface area (Å²) in [5.41, 5.74) is 0.580. The average molecular weight is 323 g/mol. The standard InChI is InChI=1S/C21H25NO2/c23-20(14-17-8-5-7-16-6-1-2-10-19(16)17)22-13-12-21(24)11-4-3-9-18(21)15-22/h1-2,5-8,10,18,24H,3-4,9,11-15H2/t18-,21+/m0/s1. The molecule has 24 heavy (non-hydrogen) atoms. The van der Waals surface area contributed by atoms with Gasteiger partial charge < -0.3 is 10.0 Å². The van der Waals surface area contributed by atoms with Gasteiger partial charge in [0, 0.05) is 19.0 Å². The van der Waals surface area contributed by atoms with E-state index < -0.39 is 5.60 Å². The predicted molar refractivity (Wildman–Crippen MR) is 95.8 cm³/mol.